The number of ether oxygens (including phenoxy) is 2. The van der Waals surface area contributed by atoms with Crippen LogP contribution in [0.4, 0.5) is 0 Å². The molecule has 0 aromatic carbocycles. The Morgan fingerprint density at radius 2 is 1.91 bits per heavy atom. The minimum absolute atomic E-state index is 0.00436. The Kier molecular flexibility index (Phi) is 10.5. The summed E-state index contributed by atoms with van der Waals surface area (Å²) in [5, 5.41) is 6.01. The van der Waals surface area contributed by atoms with Gasteiger partial charge in [0.15, 0.2) is 6.10 Å². The normalized spacial score (nSPS) is 27.0. The molecule has 1 unspecified atom stereocenters. The molecule has 1 amide bonds. The van der Waals surface area contributed by atoms with Crippen LogP contribution in [0.1, 0.15) is 66.7 Å². The molecule has 2 aliphatic heterocycles. The third-order valence-electron chi connectivity index (χ3n) is 5.56. The predicted molar refractivity (Wildman–Crippen MR) is 123 cm³/mol. The van der Waals surface area contributed by atoms with E-state index in [0.29, 0.717) is 12.6 Å². The molecule has 0 aromatic heterocycles. The second-order valence-corrected chi connectivity index (χ2v) is 11.9. The number of amides is 1. The van der Waals surface area contributed by atoms with Gasteiger partial charge in [0, 0.05) is 18.0 Å². The minimum Gasteiger partial charge on any atom is -0.466 e. The number of rotatable bonds is 10. The molecular weight excluding hydrogens is 467 g/mol. The van der Waals surface area contributed by atoms with Gasteiger partial charge in [-0.05, 0) is 46.6 Å². The maximum Gasteiger partial charge on any atom is 0.478 e. The van der Waals surface area contributed by atoms with Gasteiger partial charge in [0.2, 0.25) is 12.7 Å². The summed E-state index contributed by atoms with van der Waals surface area (Å²) >= 11 is 0. The van der Waals surface area contributed by atoms with Crippen molar-refractivity contribution in [2.45, 2.75) is 78.9 Å². The van der Waals surface area contributed by atoms with Crippen molar-refractivity contribution in [2.75, 3.05) is 33.1 Å². The number of phosphoric ester groups is 1. The molecule has 0 bridgehead atoms. The van der Waals surface area contributed by atoms with E-state index in [9.17, 15) is 18.9 Å². The highest BCUT2D eigenvalue weighted by Gasteiger charge is 2.49. The summed E-state index contributed by atoms with van der Waals surface area (Å²) in [6.07, 6.45) is 3.06. The lowest BCUT2D eigenvalue weighted by atomic mass is 9.87. The number of nitrogens with one attached hydrogen (secondary N) is 2. The first kappa shape index (κ1) is 28.7. The van der Waals surface area contributed by atoms with Crippen LogP contribution in [-0.4, -0.2) is 63.1 Å². The molecule has 2 fully saturated rings. The summed E-state index contributed by atoms with van der Waals surface area (Å²) in [4.78, 5) is 36.5. The molecule has 0 aromatic rings. The van der Waals surface area contributed by atoms with Gasteiger partial charge >= 0.3 is 19.8 Å². The minimum atomic E-state index is -4.13. The third-order valence-corrected chi connectivity index (χ3v) is 6.90. The number of esters is 2. The number of hydrogen-bond acceptors (Lipinski definition) is 10. The van der Waals surface area contributed by atoms with Gasteiger partial charge in [-0.15, -0.1) is 0 Å². The van der Waals surface area contributed by atoms with Crippen molar-refractivity contribution in [1.29, 1.82) is 0 Å². The quantitative estimate of drug-likeness (QED) is 0.258. The Morgan fingerprint density at radius 3 is 2.56 bits per heavy atom. The topological polar surface area (TPSA) is 138 Å². The predicted octanol–water partition coefficient (Wildman–Crippen LogP) is 2.68. The molecule has 2 saturated heterocycles. The number of hydrogen-bond donors (Lipinski definition) is 2. The molecule has 34 heavy (non-hydrogen) atoms. The van der Waals surface area contributed by atoms with Crippen LogP contribution >= 0.6 is 7.82 Å². The van der Waals surface area contributed by atoms with E-state index >= 15 is 0 Å². The largest absolute Gasteiger partial charge is 0.478 e. The Labute approximate surface area is 201 Å². The van der Waals surface area contributed by atoms with Gasteiger partial charge in [-0.1, -0.05) is 20.3 Å². The fraction of sp³-hybridized carbons (Fsp3) is 0.864. The molecule has 12 heteroatoms. The van der Waals surface area contributed by atoms with Crippen LogP contribution < -0.4 is 10.6 Å². The van der Waals surface area contributed by atoms with Crippen molar-refractivity contribution < 1.29 is 42.0 Å². The van der Waals surface area contributed by atoms with Crippen LogP contribution in [0.25, 0.3) is 0 Å². The molecule has 2 aliphatic rings. The number of phosphoric acid groups is 1. The second kappa shape index (κ2) is 12.4. The van der Waals surface area contributed by atoms with Crippen molar-refractivity contribution >= 4 is 25.7 Å². The number of carbonyl (C=O) groups is 3. The number of piperidine rings is 1. The molecule has 2 rings (SSSR count). The van der Waals surface area contributed by atoms with Crippen LogP contribution in [-0.2, 0) is 42.0 Å². The standard InChI is InChI=1S/C22H39N2O9P/c1-21(2,3)20(27)30-15-32-34(28)31-14-22(4,5)18(33-34)19(26)24-12-9-17(25)29-13-10-16-8-6-7-11-23-16/h16,18,23H,6-15H2,1-5H3,(H,24,26)/t16?,18-,34+/m0/s1. The second-order valence-electron chi connectivity index (χ2n) is 10.3. The molecule has 0 aliphatic carbocycles. The molecule has 2 heterocycles. The van der Waals surface area contributed by atoms with Gasteiger partial charge in [-0.25, -0.2) is 9.09 Å². The zero-order chi connectivity index (χ0) is 25.4. The molecule has 0 spiro atoms. The monoisotopic (exact) mass is 506 g/mol. The van der Waals surface area contributed by atoms with E-state index in [0.717, 1.165) is 19.4 Å². The summed E-state index contributed by atoms with van der Waals surface area (Å²) < 4.78 is 38.6. The first-order valence-electron chi connectivity index (χ1n) is 11.7. The SMILES string of the molecule is CC(C)(C)C(=O)OCO[P@@]1(=O)OCC(C)(C)[C@H](C(=O)NCCC(=O)OCCC2CCCCN2)O1. The lowest BCUT2D eigenvalue weighted by Crippen LogP contribution is -2.50. The molecule has 0 radical (unpaired) electrons. The summed E-state index contributed by atoms with van der Waals surface area (Å²) in [6.45, 7) is 9.09. The highest BCUT2D eigenvalue weighted by atomic mass is 31.2. The van der Waals surface area contributed by atoms with E-state index in [1.54, 1.807) is 34.6 Å². The molecule has 2 N–H and O–H groups in total. The first-order valence-corrected chi connectivity index (χ1v) is 13.2. The van der Waals surface area contributed by atoms with Gasteiger partial charge < -0.3 is 20.1 Å². The van der Waals surface area contributed by atoms with Gasteiger partial charge in [-0.3, -0.25) is 23.4 Å². The summed E-state index contributed by atoms with van der Waals surface area (Å²) in [7, 11) is -4.13. The number of carbonyl (C=O) groups excluding carboxylic acids is 3. The van der Waals surface area contributed by atoms with E-state index in [2.05, 4.69) is 10.6 Å². The maximum absolute atomic E-state index is 12.8. The Hall–Kier alpha value is -1.52. The van der Waals surface area contributed by atoms with Gasteiger partial charge in [0.05, 0.1) is 25.0 Å². The summed E-state index contributed by atoms with van der Waals surface area (Å²) in [6, 6.07) is 0.379. The van der Waals surface area contributed by atoms with Crippen molar-refractivity contribution in [1.82, 2.24) is 10.6 Å². The van der Waals surface area contributed by atoms with E-state index in [1.807, 2.05) is 0 Å². The highest BCUT2D eigenvalue weighted by Crippen LogP contribution is 2.57. The third kappa shape index (κ3) is 9.26. The van der Waals surface area contributed by atoms with Gasteiger partial charge in [0.1, 0.15) is 0 Å². The maximum atomic E-state index is 12.8. The van der Waals surface area contributed by atoms with E-state index in [-0.39, 0.29) is 19.6 Å². The average Bonchev–Trinajstić information content (AvgIpc) is 2.75. The van der Waals surface area contributed by atoms with Crippen molar-refractivity contribution in [3.05, 3.63) is 0 Å². The average molecular weight is 507 g/mol. The van der Waals surface area contributed by atoms with Crippen LogP contribution in [0.15, 0.2) is 0 Å². The van der Waals surface area contributed by atoms with Crippen molar-refractivity contribution in [2.24, 2.45) is 10.8 Å². The lowest BCUT2D eigenvalue weighted by Gasteiger charge is -2.39. The molecular formula is C22H39N2O9P. The Bertz CT molecular complexity index is 760. The van der Waals surface area contributed by atoms with E-state index in [1.165, 1.54) is 12.8 Å². The zero-order valence-corrected chi connectivity index (χ0v) is 21.7. The summed E-state index contributed by atoms with van der Waals surface area (Å²) in [5.74, 6) is -1.51. The fourth-order valence-corrected chi connectivity index (χ4v) is 4.90. The highest BCUT2D eigenvalue weighted by molar-refractivity contribution is 7.48. The van der Waals surface area contributed by atoms with Crippen molar-refractivity contribution in [3.8, 4) is 0 Å². The molecule has 11 nitrogen and oxygen atoms in total. The van der Waals surface area contributed by atoms with Crippen LogP contribution in [0.5, 0.6) is 0 Å². The molecule has 3 atom stereocenters. The van der Waals surface area contributed by atoms with Crippen LogP contribution in [0.2, 0.25) is 0 Å². The Morgan fingerprint density at radius 1 is 1.18 bits per heavy atom. The van der Waals surface area contributed by atoms with E-state index in [4.69, 9.17) is 23.0 Å². The molecule has 196 valence electrons. The van der Waals surface area contributed by atoms with Crippen molar-refractivity contribution in [3.63, 3.8) is 0 Å². The Balaban J connectivity index is 1.75. The van der Waals surface area contributed by atoms with Gasteiger partial charge in [-0.2, -0.15) is 0 Å². The van der Waals surface area contributed by atoms with E-state index < -0.39 is 49.4 Å². The lowest BCUT2D eigenvalue weighted by molar-refractivity contribution is -0.163. The smallest absolute Gasteiger partial charge is 0.466 e. The van der Waals surface area contributed by atoms with Crippen LogP contribution in [0.3, 0.4) is 0 Å². The fourth-order valence-electron chi connectivity index (χ4n) is 3.39. The zero-order valence-electron chi connectivity index (χ0n) is 20.8. The molecule has 0 saturated carbocycles. The summed E-state index contributed by atoms with van der Waals surface area (Å²) in [5.41, 5.74) is -1.57. The van der Waals surface area contributed by atoms with Crippen LogP contribution in [0, 0.1) is 10.8 Å². The van der Waals surface area contributed by atoms with Gasteiger partial charge in [0.25, 0.3) is 0 Å². The first-order chi connectivity index (χ1) is 15.8.